The van der Waals surface area contributed by atoms with E-state index in [2.05, 4.69) is 30.8 Å². The fourth-order valence-corrected chi connectivity index (χ4v) is 1.85. The molecule has 56 valence electrons. The first-order chi connectivity index (χ1) is 4.93. The summed E-state index contributed by atoms with van der Waals surface area (Å²) in [6.07, 6.45) is 1.97. The zero-order valence-corrected chi connectivity index (χ0v) is 7.25. The van der Waals surface area contributed by atoms with Crippen LogP contribution in [-0.2, 0) is 18.0 Å². The van der Waals surface area contributed by atoms with Gasteiger partial charge < -0.3 is 0 Å². The van der Waals surface area contributed by atoms with Crippen LogP contribution in [0, 0.1) is 0 Å². The summed E-state index contributed by atoms with van der Waals surface area (Å²) in [5.41, 5.74) is 0. The van der Waals surface area contributed by atoms with E-state index in [1.165, 1.54) is 4.04 Å². The standard InChI is InChI=1S/C6H5.C3H5.Pd/c1-2-4-6-5-3-1;1-3-2;/h1-5H;3H,1-2H2;. The molecule has 1 aromatic rings. The average Bonchev–Trinajstić information content (AvgIpc) is 2.03. The van der Waals surface area contributed by atoms with Crippen molar-refractivity contribution in [2.24, 2.45) is 0 Å². The van der Waals surface area contributed by atoms with Crippen molar-refractivity contribution in [2.75, 3.05) is 0 Å². The van der Waals surface area contributed by atoms with Crippen molar-refractivity contribution < 1.29 is 18.0 Å². The van der Waals surface area contributed by atoms with Gasteiger partial charge in [0, 0.05) is 0 Å². The van der Waals surface area contributed by atoms with Crippen molar-refractivity contribution in [2.45, 2.75) is 4.89 Å². The third-order valence-electron chi connectivity index (χ3n) is 0.997. The molecule has 0 nitrogen and oxygen atoms in total. The summed E-state index contributed by atoms with van der Waals surface area (Å²) in [6.45, 7) is 3.69. The third-order valence-corrected chi connectivity index (χ3v) is 2.92. The van der Waals surface area contributed by atoms with Crippen molar-refractivity contribution in [1.29, 1.82) is 0 Å². The first-order valence-electron chi connectivity index (χ1n) is 3.11. The number of hydrogen-bond acceptors (Lipinski definition) is 0. The Morgan fingerprint density at radius 1 is 1.30 bits per heavy atom. The van der Waals surface area contributed by atoms with Gasteiger partial charge in [0.15, 0.2) is 0 Å². The van der Waals surface area contributed by atoms with Crippen LogP contribution in [0.2, 0.25) is 4.89 Å². The Bertz CT molecular complexity index is 191. The molecule has 0 unspecified atom stereocenters. The van der Waals surface area contributed by atoms with Crippen LogP contribution in [0.5, 0.6) is 0 Å². The van der Waals surface area contributed by atoms with Crippen molar-refractivity contribution in [1.82, 2.24) is 0 Å². The Morgan fingerprint density at radius 3 is 2.60 bits per heavy atom. The molecule has 0 N–H and O–H groups in total. The summed E-state index contributed by atoms with van der Waals surface area (Å²) in [4.78, 5) is 1.12. The van der Waals surface area contributed by atoms with Gasteiger partial charge in [-0.2, -0.15) is 0 Å². The van der Waals surface area contributed by atoms with Crippen molar-refractivity contribution >= 4 is 4.04 Å². The van der Waals surface area contributed by atoms with Gasteiger partial charge in [-0.15, -0.1) is 0 Å². The van der Waals surface area contributed by atoms with E-state index >= 15 is 0 Å². The molecule has 0 aromatic heterocycles. The molecule has 1 aromatic carbocycles. The van der Waals surface area contributed by atoms with Gasteiger partial charge in [0.05, 0.1) is 0 Å². The molecular weight excluding hydrogens is 215 g/mol. The minimum atomic E-state index is 0.703. The van der Waals surface area contributed by atoms with Crippen LogP contribution >= 0.6 is 0 Å². The predicted octanol–water partition coefficient (Wildman–Crippen LogP) is 2.00. The summed E-state index contributed by atoms with van der Waals surface area (Å²) in [6, 6.07) is 10.5. The van der Waals surface area contributed by atoms with E-state index < -0.39 is 0 Å². The van der Waals surface area contributed by atoms with Gasteiger partial charge in [-0.3, -0.25) is 0 Å². The van der Waals surface area contributed by atoms with E-state index in [1.807, 2.05) is 12.1 Å². The van der Waals surface area contributed by atoms with Crippen LogP contribution in [0.25, 0.3) is 0 Å². The molecule has 0 fully saturated rings. The van der Waals surface area contributed by atoms with E-state index in [9.17, 15) is 0 Å². The molecule has 0 bridgehead atoms. The Balaban J connectivity index is 2.50. The number of rotatable bonds is 3. The normalized spacial score (nSPS) is 9.60. The van der Waals surface area contributed by atoms with Gasteiger partial charge in [0.2, 0.25) is 0 Å². The van der Waals surface area contributed by atoms with Crippen LogP contribution in [0.3, 0.4) is 0 Å². The minimum absolute atomic E-state index is 0.703. The predicted molar refractivity (Wildman–Crippen MR) is 41.1 cm³/mol. The van der Waals surface area contributed by atoms with E-state index in [-0.39, 0.29) is 0 Å². The molecule has 0 aliphatic heterocycles. The molecule has 0 saturated carbocycles. The molecule has 1 rings (SSSR count). The molecular formula is C9H10Pd. The molecule has 0 saturated heterocycles. The van der Waals surface area contributed by atoms with Crippen LogP contribution in [0.15, 0.2) is 43.0 Å². The molecule has 10 heavy (non-hydrogen) atoms. The van der Waals surface area contributed by atoms with Crippen molar-refractivity contribution in [3.05, 3.63) is 43.0 Å². The number of allylic oxidation sites excluding steroid dienone is 1. The topological polar surface area (TPSA) is 0 Å². The van der Waals surface area contributed by atoms with E-state index in [1.54, 1.807) is 0 Å². The van der Waals surface area contributed by atoms with E-state index in [4.69, 9.17) is 0 Å². The van der Waals surface area contributed by atoms with Gasteiger partial charge in [-0.1, -0.05) is 0 Å². The van der Waals surface area contributed by atoms with Gasteiger partial charge in [-0.25, -0.2) is 0 Å². The molecule has 0 aliphatic rings. The molecule has 1 heteroatoms. The monoisotopic (exact) mass is 224 g/mol. The Kier molecular flexibility index (Phi) is 3.43. The quantitative estimate of drug-likeness (QED) is 0.544. The van der Waals surface area contributed by atoms with Gasteiger partial charge in [0.25, 0.3) is 0 Å². The zero-order valence-electron chi connectivity index (χ0n) is 5.69. The zero-order chi connectivity index (χ0) is 7.23. The molecule has 0 aliphatic carbocycles. The summed E-state index contributed by atoms with van der Waals surface area (Å²) >= 11 is 0.703. The molecule has 0 heterocycles. The maximum atomic E-state index is 3.69. The van der Waals surface area contributed by atoms with Gasteiger partial charge in [-0.05, 0) is 0 Å². The van der Waals surface area contributed by atoms with Gasteiger partial charge in [0.1, 0.15) is 0 Å². The number of hydrogen-bond donors (Lipinski definition) is 0. The Morgan fingerprint density at radius 2 is 2.00 bits per heavy atom. The fourth-order valence-electron chi connectivity index (χ4n) is 0.598. The summed E-state index contributed by atoms with van der Waals surface area (Å²) < 4.78 is 1.44. The first kappa shape index (κ1) is 7.73. The number of benzene rings is 1. The Labute approximate surface area is 70.1 Å². The van der Waals surface area contributed by atoms with Crippen LogP contribution in [0.1, 0.15) is 0 Å². The van der Waals surface area contributed by atoms with Crippen molar-refractivity contribution in [3.8, 4) is 0 Å². The first-order valence-corrected chi connectivity index (χ1v) is 4.99. The molecule has 0 atom stereocenters. The summed E-state index contributed by atoms with van der Waals surface area (Å²) in [5, 5.41) is 0. The SMILES string of the molecule is C=C[CH2][Pd][c]1ccccc1. The van der Waals surface area contributed by atoms with E-state index in [0.29, 0.717) is 18.0 Å². The average molecular weight is 225 g/mol. The second-order valence-electron chi connectivity index (χ2n) is 1.79. The van der Waals surface area contributed by atoms with Crippen molar-refractivity contribution in [3.63, 3.8) is 0 Å². The Hall–Kier alpha value is -0.378. The maximum absolute atomic E-state index is 3.69. The fraction of sp³-hybridized carbons (Fsp3) is 0.111. The second-order valence-corrected chi connectivity index (χ2v) is 3.87. The van der Waals surface area contributed by atoms with Crippen LogP contribution in [-0.4, -0.2) is 0 Å². The summed E-state index contributed by atoms with van der Waals surface area (Å²) in [7, 11) is 0. The second kappa shape index (κ2) is 4.44. The van der Waals surface area contributed by atoms with Gasteiger partial charge >= 0.3 is 69.9 Å². The molecule has 0 amide bonds. The third kappa shape index (κ3) is 2.47. The summed E-state index contributed by atoms with van der Waals surface area (Å²) in [5.74, 6) is 0. The van der Waals surface area contributed by atoms with Crippen LogP contribution < -0.4 is 4.04 Å². The van der Waals surface area contributed by atoms with E-state index in [0.717, 1.165) is 4.89 Å². The van der Waals surface area contributed by atoms with Crippen LogP contribution in [0.4, 0.5) is 0 Å². The molecule has 0 spiro atoms. The molecule has 0 radical (unpaired) electrons.